The number of benzene rings is 2. The van der Waals surface area contributed by atoms with E-state index in [0.717, 1.165) is 12.1 Å². The second-order valence-corrected chi connectivity index (χ2v) is 22.3. The van der Waals surface area contributed by atoms with E-state index in [2.05, 4.69) is 56.1 Å². The normalized spacial score (nSPS) is 14.0. The van der Waals surface area contributed by atoms with Gasteiger partial charge in [-0.2, -0.15) is 0 Å². The van der Waals surface area contributed by atoms with Gasteiger partial charge >= 0.3 is 142 Å². The minimum atomic E-state index is -2.26. The Balaban J connectivity index is 0.000000248. The van der Waals surface area contributed by atoms with E-state index in [9.17, 15) is 0 Å². The van der Waals surface area contributed by atoms with Gasteiger partial charge in [-0.15, -0.1) is 0 Å². The van der Waals surface area contributed by atoms with Crippen molar-refractivity contribution < 1.29 is 0 Å². The second kappa shape index (κ2) is 12.6. The van der Waals surface area contributed by atoms with E-state index in [4.69, 9.17) is 4.99 Å². The average molecular weight is 523 g/mol. The summed E-state index contributed by atoms with van der Waals surface area (Å²) in [5.41, 5.74) is 5.25. The maximum atomic E-state index is 5.19. The molecule has 0 fully saturated rings. The van der Waals surface area contributed by atoms with Gasteiger partial charge < -0.3 is 0 Å². The molecule has 0 N–H and O–H groups in total. The molecule has 3 heteroatoms. The Morgan fingerprint density at radius 2 is 1.26 bits per heavy atom. The molecule has 0 unspecified atom stereocenters. The van der Waals surface area contributed by atoms with Crippen molar-refractivity contribution in [2.75, 3.05) is 0 Å². The first-order chi connectivity index (χ1) is 15.2. The summed E-state index contributed by atoms with van der Waals surface area (Å²) in [6.07, 6.45) is 12.5. The van der Waals surface area contributed by atoms with E-state index in [1.165, 1.54) is 75.1 Å². The first kappa shape index (κ1) is 24.2. The van der Waals surface area contributed by atoms with E-state index in [-0.39, 0.29) is 0 Å². The van der Waals surface area contributed by atoms with Gasteiger partial charge in [0.1, 0.15) is 0 Å². The molecule has 0 saturated carbocycles. The zero-order chi connectivity index (χ0) is 21.9. The van der Waals surface area contributed by atoms with Crippen LogP contribution in [-0.2, 0) is 12.8 Å². The molecule has 0 spiro atoms. The molecule has 0 bridgehead atoms. The number of para-hydroxylation sites is 2. The van der Waals surface area contributed by atoms with Gasteiger partial charge in [0.2, 0.25) is 0 Å². The van der Waals surface area contributed by atoms with Crippen LogP contribution in [0.3, 0.4) is 0 Å². The molecule has 2 nitrogen and oxygen atoms in total. The summed E-state index contributed by atoms with van der Waals surface area (Å²) in [6, 6.07) is 17.1. The summed E-state index contributed by atoms with van der Waals surface area (Å²) in [4.78, 5) is 9.37. The van der Waals surface area contributed by atoms with Crippen molar-refractivity contribution >= 4 is 39.7 Å². The Morgan fingerprint density at radius 3 is 1.81 bits per heavy atom. The molecule has 4 rings (SSSR count). The van der Waals surface area contributed by atoms with Crippen LogP contribution in [0.1, 0.15) is 70.4 Å². The van der Waals surface area contributed by atoms with E-state index in [0.29, 0.717) is 0 Å². The SMILES string of the molecule is C1=Nc2ccccc2C1.CCC[CH2][Sn]([CH2]CCC)([CH2]CCC)[C]1=Nc2ccccc2C1. The van der Waals surface area contributed by atoms with E-state index >= 15 is 0 Å². The molecule has 31 heavy (non-hydrogen) atoms. The Kier molecular flexibility index (Phi) is 9.83. The molecule has 0 saturated heterocycles. The number of hydrogen-bond acceptors (Lipinski definition) is 2. The van der Waals surface area contributed by atoms with Crippen molar-refractivity contribution in [1.29, 1.82) is 0 Å². The Morgan fingerprint density at radius 1 is 0.710 bits per heavy atom. The van der Waals surface area contributed by atoms with Gasteiger partial charge in [-0.25, -0.2) is 0 Å². The molecule has 2 aliphatic rings. The third-order valence-corrected chi connectivity index (χ3v) is 22.3. The van der Waals surface area contributed by atoms with Crippen molar-refractivity contribution in [3.8, 4) is 0 Å². The fourth-order valence-corrected chi connectivity index (χ4v) is 20.9. The summed E-state index contributed by atoms with van der Waals surface area (Å²) >= 11 is -2.26. The number of unbranched alkanes of at least 4 members (excludes halogenated alkanes) is 3. The molecular weight excluding hydrogens is 483 g/mol. The fourth-order valence-electron chi connectivity index (χ4n) is 4.85. The summed E-state index contributed by atoms with van der Waals surface area (Å²) in [5.74, 6) is 0. The molecule has 166 valence electrons. The van der Waals surface area contributed by atoms with Gasteiger partial charge in [0.25, 0.3) is 0 Å². The number of rotatable bonds is 10. The number of hydrogen-bond donors (Lipinski definition) is 0. The molecule has 0 aromatic heterocycles. The fraction of sp³-hybridized carbons (Fsp3) is 0.500. The zero-order valence-electron chi connectivity index (χ0n) is 19.9. The maximum absolute atomic E-state index is 5.19. The predicted octanol–water partition coefficient (Wildman–Crippen LogP) is 8.65. The summed E-state index contributed by atoms with van der Waals surface area (Å²) in [5, 5.41) is 0. The van der Waals surface area contributed by atoms with Gasteiger partial charge in [-0.05, 0) is 11.6 Å². The van der Waals surface area contributed by atoms with Crippen LogP contribution in [-0.4, -0.2) is 28.3 Å². The monoisotopic (exact) mass is 524 g/mol. The Bertz CT molecular complexity index is 862. The Labute approximate surface area is 194 Å². The molecule has 0 amide bonds. The van der Waals surface area contributed by atoms with Crippen molar-refractivity contribution in [3.05, 3.63) is 59.7 Å². The van der Waals surface area contributed by atoms with Gasteiger partial charge in [-0.1, -0.05) is 18.2 Å². The van der Waals surface area contributed by atoms with Gasteiger partial charge in [0.05, 0.1) is 5.69 Å². The standard InChI is InChI=1S/C8H7N.C8H6N.3C4H9.Sn/c2*1-2-4-8-7(3-1)5-6-9-8;3*1-3-4-2;/h1-4,6H,5H2;1-4H,5H2;3*1,3-4H2,2H3;. The van der Waals surface area contributed by atoms with Gasteiger partial charge in [0.15, 0.2) is 0 Å². The number of aliphatic imine (C=N–C) groups is 2. The molecule has 2 aromatic rings. The second-order valence-electron chi connectivity index (χ2n) is 9.10. The van der Waals surface area contributed by atoms with Crippen LogP contribution in [0, 0.1) is 0 Å². The quantitative estimate of drug-likeness (QED) is 0.279. The zero-order valence-corrected chi connectivity index (χ0v) is 22.7. The van der Waals surface area contributed by atoms with E-state index in [1.807, 2.05) is 24.4 Å². The average Bonchev–Trinajstić information content (AvgIpc) is 3.46. The van der Waals surface area contributed by atoms with Crippen LogP contribution in [0.2, 0.25) is 13.3 Å². The molecule has 0 radical (unpaired) electrons. The molecule has 2 aliphatic heterocycles. The third kappa shape index (κ3) is 6.54. The van der Waals surface area contributed by atoms with Crippen LogP contribution >= 0.6 is 0 Å². The minimum absolute atomic E-state index is 1.01. The van der Waals surface area contributed by atoms with Crippen LogP contribution in [0.25, 0.3) is 0 Å². The van der Waals surface area contributed by atoms with Gasteiger partial charge in [-0.3, -0.25) is 4.99 Å². The topological polar surface area (TPSA) is 24.7 Å². The van der Waals surface area contributed by atoms with Crippen molar-refractivity contribution in [2.24, 2.45) is 9.98 Å². The first-order valence-electron chi connectivity index (χ1n) is 12.5. The van der Waals surface area contributed by atoms with Crippen LogP contribution < -0.4 is 0 Å². The van der Waals surface area contributed by atoms with Gasteiger partial charge in [0, 0.05) is 12.6 Å². The number of fused-ring (bicyclic) bond motifs is 2. The van der Waals surface area contributed by atoms with E-state index in [1.54, 1.807) is 3.73 Å². The third-order valence-electron chi connectivity index (χ3n) is 6.78. The first-order valence-corrected chi connectivity index (χ1v) is 20.0. The summed E-state index contributed by atoms with van der Waals surface area (Å²) < 4.78 is 6.32. The van der Waals surface area contributed by atoms with Crippen molar-refractivity contribution in [1.82, 2.24) is 0 Å². The summed E-state index contributed by atoms with van der Waals surface area (Å²) in [6.45, 7) is 7.05. The molecule has 2 aromatic carbocycles. The summed E-state index contributed by atoms with van der Waals surface area (Å²) in [7, 11) is 0. The predicted molar refractivity (Wildman–Crippen MR) is 140 cm³/mol. The van der Waals surface area contributed by atoms with Crippen molar-refractivity contribution in [2.45, 2.75) is 85.4 Å². The van der Waals surface area contributed by atoms with Crippen LogP contribution in [0.4, 0.5) is 11.4 Å². The Hall–Kier alpha value is -1.42. The molecule has 2 heterocycles. The molecular formula is C28H40N2Sn. The molecule has 0 aliphatic carbocycles. The van der Waals surface area contributed by atoms with Crippen LogP contribution in [0.5, 0.6) is 0 Å². The number of nitrogens with zero attached hydrogens (tertiary/aromatic N) is 2. The van der Waals surface area contributed by atoms with Crippen molar-refractivity contribution in [3.63, 3.8) is 0 Å². The van der Waals surface area contributed by atoms with Crippen LogP contribution in [0.15, 0.2) is 58.5 Å². The van der Waals surface area contributed by atoms with E-state index < -0.39 is 18.4 Å². The molecule has 0 atom stereocenters.